The van der Waals surface area contributed by atoms with Crippen molar-refractivity contribution in [3.8, 4) is 0 Å². The van der Waals surface area contributed by atoms with Crippen molar-refractivity contribution >= 4 is 21.8 Å². The van der Waals surface area contributed by atoms with Crippen LogP contribution in [0.4, 0.5) is 0 Å². The van der Waals surface area contributed by atoms with Crippen LogP contribution in [-0.4, -0.2) is 22.2 Å². The molecule has 0 aliphatic carbocycles. The first kappa shape index (κ1) is 11.6. The number of likely N-dealkylation sites (tertiary alicyclic amines) is 1. The van der Waals surface area contributed by atoms with Crippen LogP contribution in [0.15, 0.2) is 24.3 Å². The molecule has 0 spiro atoms. The van der Waals surface area contributed by atoms with Gasteiger partial charge in [0.25, 0.3) is 0 Å². The molecule has 1 amide bonds. The predicted octanol–water partition coefficient (Wildman–Crippen LogP) is 1.64. The molecule has 16 heavy (non-hydrogen) atoms. The van der Waals surface area contributed by atoms with Gasteiger partial charge in [-0.3, -0.25) is 4.79 Å². The van der Waals surface area contributed by atoms with Gasteiger partial charge < -0.3 is 10.6 Å². The van der Waals surface area contributed by atoms with Crippen molar-refractivity contribution in [1.29, 1.82) is 0 Å². The largest absolute Gasteiger partial charge is 0.337 e. The summed E-state index contributed by atoms with van der Waals surface area (Å²) in [5.74, 6) is 0.222. The van der Waals surface area contributed by atoms with Gasteiger partial charge in [0.15, 0.2) is 0 Å². The van der Waals surface area contributed by atoms with Crippen LogP contribution in [0.1, 0.15) is 17.5 Å². The molecule has 1 heterocycles. The minimum Gasteiger partial charge on any atom is -0.337 e. The molecule has 1 aromatic carbocycles. The van der Waals surface area contributed by atoms with Gasteiger partial charge in [0.1, 0.15) is 0 Å². The molecule has 1 fully saturated rings. The van der Waals surface area contributed by atoms with Crippen LogP contribution in [0.5, 0.6) is 0 Å². The average Bonchev–Trinajstić information content (AvgIpc) is 2.58. The molecule has 2 rings (SSSR count). The molecule has 4 heteroatoms. The molecule has 1 aliphatic heterocycles. The van der Waals surface area contributed by atoms with Gasteiger partial charge in [0, 0.05) is 30.9 Å². The summed E-state index contributed by atoms with van der Waals surface area (Å²) in [5.41, 5.74) is 7.85. The molecule has 1 aliphatic rings. The van der Waals surface area contributed by atoms with Crippen molar-refractivity contribution in [1.82, 2.24) is 4.90 Å². The number of hydrogen-bond acceptors (Lipinski definition) is 2. The van der Waals surface area contributed by atoms with E-state index in [9.17, 15) is 4.79 Å². The van der Waals surface area contributed by atoms with Gasteiger partial charge in [-0.15, -0.1) is 0 Å². The first-order valence-electron chi connectivity index (χ1n) is 5.39. The van der Waals surface area contributed by atoms with E-state index in [4.69, 9.17) is 5.73 Å². The van der Waals surface area contributed by atoms with Crippen LogP contribution < -0.4 is 5.73 Å². The Morgan fingerprint density at radius 1 is 1.44 bits per heavy atom. The Morgan fingerprint density at radius 3 is 2.81 bits per heavy atom. The second-order valence-corrected chi connectivity index (χ2v) is 5.39. The van der Waals surface area contributed by atoms with Crippen LogP contribution in [0.3, 0.4) is 0 Å². The topological polar surface area (TPSA) is 46.3 Å². The van der Waals surface area contributed by atoms with Crippen LogP contribution in [-0.2, 0) is 17.9 Å². The lowest BCUT2D eigenvalue weighted by Gasteiger charge is -2.16. The Morgan fingerprint density at radius 2 is 2.19 bits per heavy atom. The summed E-state index contributed by atoms with van der Waals surface area (Å²) in [6.45, 7) is 2.03. The number of halogens is 1. The maximum Gasteiger partial charge on any atom is 0.224 e. The molecule has 0 saturated carbocycles. The summed E-state index contributed by atoms with van der Waals surface area (Å²) in [5, 5.41) is 0. The van der Waals surface area contributed by atoms with Gasteiger partial charge in [-0.25, -0.2) is 0 Å². The van der Waals surface area contributed by atoms with E-state index in [1.807, 2.05) is 23.1 Å². The first-order valence-corrected chi connectivity index (χ1v) is 6.30. The monoisotopic (exact) mass is 282 g/mol. The van der Waals surface area contributed by atoms with Crippen LogP contribution in [0.2, 0.25) is 0 Å². The molecule has 3 nitrogen and oxygen atoms in total. The molecule has 1 atom stereocenters. The minimum absolute atomic E-state index is 0.222. The fourth-order valence-electron chi connectivity index (χ4n) is 1.95. The van der Waals surface area contributed by atoms with E-state index in [0.29, 0.717) is 24.3 Å². The number of amides is 1. The quantitative estimate of drug-likeness (QED) is 0.857. The third-order valence-corrected chi connectivity index (χ3v) is 3.38. The zero-order valence-electron chi connectivity index (χ0n) is 9.03. The van der Waals surface area contributed by atoms with Crippen molar-refractivity contribution in [2.45, 2.75) is 24.3 Å². The zero-order chi connectivity index (χ0) is 11.5. The van der Waals surface area contributed by atoms with E-state index < -0.39 is 0 Å². The highest BCUT2D eigenvalue weighted by atomic mass is 79.9. The number of alkyl halides is 1. The van der Waals surface area contributed by atoms with Gasteiger partial charge in [0.05, 0.1) is 0 Å². The molecular weight excluding hydrogens is 268 g/mol. The van der Waals surface area contributed by atoms with E-state index in [2.05, 4.69) is 22.0 Å². The van der Waals surface area contributed by atoms with E-state index in [0.717, 1.165) is 17.7 Å². The lowest BCUT2D eigenvalue weighted by atomic mass is 10.1. The molecule has 86 valence electrons. The Kier molecular flexibility index (Phi) is 3.61. The number of rotatable bonds is 3. The summed E-state index contributed by atoms with van der Waals surface area (Å²) in [7, 11) is 0. The van der Waals surface area contributed by atoms with Crippen molar-refractivity contribution in [2.24, 2.45) is 5.73 Å². The number of nitrogens with zero attached hydrogens (tertiary/aromatic N) is 1. The van der Waals surface area contributed by atoms with Crippen LogP contribution in [0, 0.1) is 0 Å². The van der Waals surface area contributed by atoms with Crippen LogP contribution >= 0.6 is 15.9 Å². The van der Waals surface area contributed by atoms with E-state index in [-0.39, 0.29) is 5.91 Å². The number of hydrogen-bond donors (Lipinski definition) is 1. The highest BCUT2D eigenvalue weighted by molar-refractivity contribution is 9.09. The van der Waals surface area contributed by atoms with Crippen LogP contribution in [0.25, 0.3) is 0 Å². The highest BCUT2D eigenvalue weighted by Crippen LogP contribution is 2.20. The molecule has 0 radical (unpaired) electrons. The normalized spacial score (nSPS) is 20.5. The first-order chi connectivity index (χ1) is 7.69. The summed E-state index contributed by atoms with van der Waals surface area (Å²) >= 11 is 3.48. The second kappa shape index (κ2) is 4.97. The lowest BCUT2D eigenvalue weighted by Crippen LogP contribution is -2.24. The number of benzene rings is 1. The van der Waals surface area contributed by atoms with E-state index >= 15 is 0 Å². The molecule has 2 N–H and O–H groups in total. The smallest absolute Gasteiger partial charge is 0.224 e. The summed E-state index contributed by atoms with van der Waals surface area (Å²) < 4.78 is 0. The van der Waals surface area contributed by atoms with Gasteiger partial charge in [-0.1, -0.05) is 40.2 Å². The van der Waals surface area contributed by atoms with Crippen molar-refractivity contribution in [2.75, 3.05) is 6.54 Å². The number of carbonyl (C=O) groups excluding carboxylic acids is 1. The summed E-state index contributed by atoms with van der Waals surface area (Å²) in [6.07, 6.45) is 0.608. The fraction of sp³-hybridized carbons (Fsp3) is 0.417. The molecular formula is C12H15BrN2O. The average molecular weight is 283 g/mol. The predicted molar refractivity (Wildman–Crippen MR) is 67.1 cm³/mol. The van der Waals surface area contributed by atoms with Gasteiger partial charge in [-0.2, -0.15) is 0 Å². The van der Waals surface area contributed by atoms with Gasteiger partial charge in [0.2, 0.25) is 5.91 Å². The maximum atomic E-state index is 11.6. The summed E-state index contributed by atoms with van der Waals surface area (Å²) in [4.78, 5) is 13.8. The fourth-order valence-corrected chi connectivity index (χ4v) is 2.58. The Balaban J connectivity index is 2.06. The van der Waals surface area contributed by atoms with Crippen molar-refractivity contribution < 1.29 is 4.79 Å². The zero-order valence-corrected chi connectivity index (χ0v) is 10.6. The number of nitrogens with two attached hydrogens (primary N) is 1. The minimum atomic E-state index is 0.222. The third kappa shape index (κ3) is 2.62. The highest BCUT2D eigenvalue weighted by Gasteiger charge is 2.27. The van der Waals surface area contributed by atoms with Crippen molar-refractivity contribution in [3.05, 3.63) is 35.4 Å². The second-order valence-electron chi connectivity index (χ2n) is 4.10. The molecule has 1 saturated heterocycles. The maximum absolute atomic E-state index is 11.6. The van der Waals surface area contributed by atoms with Crippen molar-refractivity contribution in [3.63, 3.8) is 0 Å². The number of carbonyl (C=O) groups is 1. The van der Waals surface area contributed by atoms with Gasteiger partial charge >= 0.3 is 0 Å². The Labute approximate surface area is 104 Å². The molecule has 1 unspecified atom stereocenters. The molecule has 0 aromatic heterocycles. The Bertz CT molecular complexity index is 394. The van der Waals surface area contributed by atoms with E-state index in [1.165, 1.54) is 0 Å². The third-order valence-electron chi connectivity index (χ3n) is 2.77. The molecule has 1 aromatic rings. The standard InChI is InChI=1S/C12H15BrN2O/c13-11-5-12(16)15(8-11)7-10-3-1-2-9(4-10)6-14/h1-4,11H,5-8,14H2. The van der Waals surface area contributed by atoms with Gasteiger partial charge in [-0.05, 0) is 11.1 Å². The lowest BCUT2D eigenvalue weighted by molar-refractivity contribution is -0.128. The summed E-state index contributed by atoms with van der Waals surface area (Å²) in [6, 6.07) is 8.09. The Hall–Kier alpha value is -0.870. The van der Waals surface area contributed by atoms with E-state index in [1.54, 1.807) is 0 Å². The molecule has 0 bridgehead atoms. The SMILES string of the molecule is NCc1cccc(CN2CC(Br)CC2=O)c1.